The number of fused-ring (bicyclic) bond motifs is 1. The summed E-state index contributed by atoms with van der Waals surface area (Å²) in [6, 6.07) is 14.2. The second-order valence-electron chi connectivity index (χ2n) is 5.55. The predicted molar refractivity (Wildman–Crippen MR) is 81.9 cm³/mol. The monoisotopic (exact) mass is 278 g/mol. The van der Waals surface area contributed by atoms with Gasteiger partial charge in [-0.15, -0.1) is 0 Å². The molecule has 2 N–H and O–H groups in total. The number of rotatable bonds is 3. The smallest absolute Gasteiger partial charge is 0.120 e. The molecule has 0 saturated carbocycles. The predicted octanol–water partition coefficient (Wildman–Crippen LogP) is 3.39. The normalized spacial score (nSPS) is 16.3. The first-order valence-electron chi connectivity index (χ1n) is 7.18. The summed E-state index contributed by atoms with van der Waals surface area (Å²) in [5, 5.41) is 8.88. The van der Waals surface area contributed by atoms with Crippen LogP contribution in [-0.2, 0) is 13.0 Å². The molecule has 0 spiro atoms. The molecule has 3 heteroatoms. The van der Waals surface area contributed by atoms with E-state index in [0.29, 0.717) is 12.2 Å². The van der Waals surface area contributed by atoms with Gasteiger partial charge in [0.2, 0.25) is 0 Å². The average molecular weight is 278 g/mol. The van der Waals surface area contributed by atoms with Crippen molar-refractivity contribution in [1.82, 2.24) is 0 Å². The van der Waals surface area contributed by atoms with Gasteiger partial charge in [-0.1, -0.05) is 12.1 Å². The Kier molecular flexibility index (Phi) is 3.64. The fourth-order valence-corrected chi connectivity index (χ4v) is 2.81. The minimum absolute atomic E-state index is 0.176. The van der Waals surface area contributed by atoms with Crippen molar-refractivity contribution in [2.24, 2.45) is 5.73 Å². The Bertz CT molecular complexity index is 716. The van der Waals surface area contributed by atoms with Crippen LogP contribution < -0.4 is 10.5 Å². The van der Waals surface area contributed by atoms with E-state index in [1.807, 2.05) is 31.2 Å². The van der Waals surface area contributed by atoms with Crippen LogP contribution in [-0.4, -0.2) is 0 Å². The number of hydrogen-bond donors (Lipinski definition) is 1. The number of nitrogens with two attached hydrogens (primary N) is 1. The van der Waals surface area contributed by atoms with Crippen molar-refractivity contribution in [3.05, 3.63) is 64.2 Å². The van der Waals surface area contributed by atoms with Gasteiger partial charge in [0.15, 0.2) is 0 Å². The molecular formula is C18H18N2O. The molecule has 3 nitrogen and oxygen atoms in total. The Morgan fingerprint density at radius 2 is 2.14 bits per heavy atom. The lowest BCUT2D eigenvalue weighted by atomic mass is 10.1. The molecule has 1 aliphatic carbocycles. The largest absolute Gasteiger partial charge is 0.489 e. The molecule has 2 aromatic rings. The van der Waals surface area contributed by atoms with Gasteiger partial charge in [-0.3, -0.25) is 0 Å². The van der Waals surface area contributed by atoms with E-state index >= 15 is 0 Å². The lowest BCUT2D eigenvalue weighted by Crippen LogP contribution is -2.05. The highest BCUT2D eigenvalue weighted by molar-refractivity contribution is 5.41. The van der Waals surface area contributed by atoms with Crippen molar-refractivity contribution < 1.29 is 4.74 Å². The Morgan fingerprint density at radius 3 is 2.90 bits per heavy atom. The molecule has 0 fully saturated rings. The van der Waals surface area contributed by atoms with E-state index in [4.69, 9.17) is 15.7 Å². The van der Waals surface area contributed by atoms with Crippen LogP contribution in [0.25, 0.3) is 0 Å². The van der Waals surface area contributed by atoms with Crippen molar-refractivity contribution in [2.45, 2.75) is 32.4 Å². The van der Waals surface area contributed by atoms with Gasteiger partial charge in [0.25, 0.3) is 0 Å². The first-order valence-corrected chi connectivity index (χ1v) is 7.18. The van der Waals surface area contributed by atoms with Crippen molar-refractivity contribution in [1.29, 1.82) is 5.26 Å². The molecular weight excluding hydrogens is 260 g/mol. The number of nitriles is 1. The van der Waals surface area contributed by atoms with Gasteiger partial charge in [0.05, 0.1) is 11.6 Å². The van der Waals surface area contributed by atoms with Gasteiger partial charge in [0, 0.05) is 6.04 Å². The Labute approximate surface area is 125 Å². The molecule has 1 atom stereocenters. The van der Waals surface area contributed by atoms with Crippen LogP contribution in [0, 0.1) is 18.3 Å². The maximum absolute atomic E-state index is 8.88. The number of aryl methyl sites for hydroxylation is 2. The van der Waals surface area contributed by atoms with Gasteiger partial charge in [0.1, 0.15) is 12.4 Å². The minimum atomic E-state index is 0.176. The van der Waals surface area contributed by atoms with E-state index in [0.717, 1.165) is 29.7 Å². The fraction of sp³-hybridized carbons (Fsp3) is 0.278. The van der Waals surface area contributed by atoms with Crippen molar-refractivity contribution >= 4 is 0 Å². The second-order valence-corrected chi connectivity index (χ2v) is 5.55. The standard InChI is InChI=1S/C18H18N2O/c1-12-8-13(10-19)2-3-15(12)11-21-16-5-6-17-14(9-16)4-7-18(17)20/h2-3,5-6,8-9,18H,4,7,11,20H2,1H3/t18-/m1/s1. The van der Waals surface area contributed by atoms with E-state index in [2.05, 4.69) is 18.2 Å². The maximum atomic E-state index is 8.88. The van der Waals surface area contributed by atoms with E-state index in [9.17, 15) is 0 Å². The zero-order chi connectivity index (χ0) is 14.8. The molecule has 1 aliphatic rings. The minimum Gasteiger partial charge on any atom is -0.489 e. The highest BCUT2D eigenvalue weighted by atomic mass is 16.5. The van der Waals surface area contributed by atoms with Gasteiger partial charge >= 0.3 is 0 Å². The quantitative estimate of drug-likeness (QED) is 0.936. The molecule has 2 aromatic carbocycles. The van der Waals surface area contributed by atoms with E-state index in [1.54, 1.807) is 0 Å². The van der Waals surface area contributed by atoms with E-state index in [-0.39, 0.29) is 6.04 Å². The van der Waals surface area contributed by atoms with E-state index in [1.165, 1.54) is 11.1 Å². The third-order valence-corrected chi connectivity index (χ3v) is 4.10. The molecule has 0 radical (unpaired) electrons. The Morgan fingerprint density at radius 1 is 1.29 bits per heavy atom. The van der Waals surface area contributed by atoms with Crippen molar-refractivity contribution in [3.63, 3.8) is 0 Å². The van der Waals surface area contributed by atoms with Crippen molar-refractivity contribution in [2.75, 3.05) is 0 Å². The molecule has 0 aliphatic heterocycles. The molecule has 0 bridgehead atoms. The van der Waals surface area contributed by atoms with Crippen LogP contribution in [0.15, 0.2) is 36.4 Å². The fourth-order valence-electron chi connectivity index (χ4n) is 2.81. The van der Waals surface area contributed by atoms with Crippen LogP contribution in [0.3, 0.4) is 0 Å². The molecule has 21 heavy (non-hydrogen) atoms. The van der Waals surface area contributed by atoms with Gasteiger partial charge in [-0.2, -0.15) is 5.26 Å². The van der Waals surface area contributed by atoms with Crippen LogP contribution >= 0.6 is 0 Å². The molecule has 0 saturated heterocycles. The first kappa shape index (κ1) is 13.7. The average Bonchev–Trinajstić information content (AvgIpc) is 2.87. The number of hydrogen-bond acceptors (Lipinski definition) is 3. The summed E-state index contributed by atoms with van der Waals surface area (Å²) in [7, 11) is 0. The zero-order valence-corrected chi connectivity index (χ0v) is 12.1. The van der Waals surface area contributed by atoms with Gasteiger partial charge in [-0.25, -0.2) is 0 Å². The molecule has 3 rings (SSSR count). The first-order chi connectivity index (χ1) is 10.2. The third-order valence-electron chi connectivity index (χ3n) is 4.10. The van der Waals surface area contributed by atoms with Crippen molar-refractivity contribution in [3.8, 4) is 11.8 Å². The SMILES string of the molecule is Cc1cc(C#N)ccc1COc1ccc2c(c1)CC[C@H]2N. The summed E-state index contributed by atoms with van der Waals surface area (Å²) in [6.45, 7) is 2.52. The third kappa shape index (κ3) is 2.76. The topological polar surface area (TPSA) is 59.0 Å². The van der Waals surface area contributed by atoms with Gasteiger partial charge < -0.3 is 10.5 Å². The molecule has 0 heterocycles. The van der Waals surface area contributed by atoms with Crippen LogP contribution in [0.4, 0.5) is 0 Å². The van der Waals surface area contributed by atoms with Crippen LogP contribution in [0.1, 0.15) is 40.3 Å². The second kappa shape index (κ2) is 5.59. The summed E-state index contributed by atoms with van der Waals surface area (Å²) in [6.07, 6.45) is 2.05. The molecule has 0 amide bonds. The van der Waals surface area contributed by atoms with Crippen LogP contribution in [0.5, 0.6) is 5.75 Å². The summed E-state index contributed by atoms with van der Waals surface area (Å²) in [4.78, 5) is 0. The zero-order valence-electron chi connectivity index (χ0n) is 12.1. The Balaban J connectivity index is 1.72. The van der Waals surface area contributed by atoms with Gasteiger partial charge in [-0.05, 0) is 66.3 Å². The summed E-state index contributed by atoms with van der Waals surface area (Å²) >= 11 is 0. The number of benzene rings is 2. The maximum Gasteiger partial charge on any atom is 0.120 e. The number of ether oxygens (including phenoxy) is 1. The molecule has 106 valence electrons. The Hall–Kier alpha value is -2.31. The highest BCUT2D eigenvalue weighted by Crippen LogP contribution is 2.32. The summed E-state index contributed by atoms with van der Waals surface area (Å²) < 4.78 is 5.88. The summed E-state index contributed by atoms with van der Waals surface area (Å²) in [5.74, 6) is 0.881. The van der Waals surface area contributed by atoms with E-state index < -0.39 is 0 Å². The lowest BCUT2D eigenvalue weighted by molar-refractivity contribution is 0.305. The highest BCUT2D eigenvalue weighted by Gasteiger charge is 2.19. The molecule has 0 unspecified atom stereocenters. The lowest BCUT2D eigenvalue weighted by Gasteiger charge is -2.11. The molecule has 0 aromatic heterocycles. The van der Waals surface area contributed by atoms with Crippen LogP contribution in [0.2, 0.25) is 0 Å². The number of nitrogens with zero attached hydrogens (tertiary/aromatic N) is 1. The summed E-state index contributed by atoms with van der Waals surface area (Å²) in [5.41, 5.74) is 11.5.